The molecule has 0 fully saturated rings. The van der Waals surface area contributed by atoms with Crippen molar-refractivity contribution < 1.29 is 14.3 Å². The monoisotopic (exact) mass is 675 g/mol. The van der Waals surface area contributed by atoms with Crippen LogP contribution in [0, 0.1) is 6.92 Å². The first-order valence-electron chi connectivity index (χ1n) is 15.2. The van der Waals surface area contributed by atoms with Gasteiger partial charge in [0.25, 0.3) is 5.91 Å². The molecule has 48 heavy (non-hydrogen) atoms. The molecule has 1 unspecified atom stereocenters. The van der Waals surface area contributed by atoms with Crippen molar-refractivity contribution in [3.05, 3.63) is 159 Å². The number of benzene rings is 3. The third-order valence-electron chi connectivity index (χ3n) is 7.79. The lowest BCUT2D eigenvalue weighted by atomic mass is 10.1. The number of carbonyl (C=O) groups excluding carboxylic acids is 2. The number of nitrogens with one attached hydrogen (secondary N) is 1. The summed E-state index contributed by atoms with van der Waals surface area (Å²) in [7, 11) is 0. The molecular weight excluding hydrogens is 645 g/mol. The number of para-hydroxylation sites is 1. The maximum absolute atomic E-state index is 13.2. The van der Waals surface area contributed by atoms with Gasteiger partial charge in [-0.1, -0.05) is 65.7 Å². The number of amides is 1. The van der Waals surface area contributed by atoms with E-state index in [0.29, 0.717) is 44.8 Å². The molecule has 3 N–H and O–H groups in total. The van der Waals surface area contributed by atoms with E-state index in [2.05, 4.69) is 15.3 Å². The van der Waals surface area contributed by atoms with E-state index in [9.17, 15) is 9.59 Å². The van der Waals surface area contributed by atoms with E-state index >= 15 is 0 Å². The zero-order valence-electron chi connectivity index (χ0n) is 25.9. The third kappa shape index (κ3) is 7.31. The van der Waals surface area contributed by atoms with Crippen LogP contribution in [0.15, 0.2) is 116 Å². The Hall–Kier alpha value is -5.28. The number of fused-ring (bicyclic) bond motifs is 1. The number of nitrogens with zero attached hydrogens (tertiary/aromatic N) is 3. The molecule has 0 saturated carbocycles. The average Bonchev–Trinajstić information content (AvgIpc) is 3.59. The van der Waals surface area contributed by atoms with E-state index < -0.39 is 6.04 Å². The molecule has 0 aliphatic heterocycles. The molecule has 1 amide bonds. The van der Waals surface area contributed by atoms with E-state index in [1.807, 2.05) is 55.5 Å². The standard InChI is InChI=1S/C38H31Cl2N5O3/c1-24-10-14-26-6-4-9-34(37(26)44-24)48-23-29-30(39)17-18-31(35(29)40)45-21-5-8-32(45)36(41)33(46)19-13-25-11-15-27(16-12-25)38(47)43-22-28-7-2-3-20-42-28/h2-21,36H,22-23,41H2,1H3,(H,43,47)/b19-13+. The molecular formula is C38H31Cl2N5O3. The van der Waals surface area contributed by atoms with Crippen LogP contribution < -0.4 is 15.8 Å². The lowest BCUT2D eigenvalue weighted by Gasteiger charge is -2.18. The molecule has 0 radical (unpaired) electrons. The maximum Gasteiger partial charge on any atom is 0.251 e. The minimum atomic E-state index is -0.968. The fourth-order valence-electron chi connectivity index (χ4n) is 5.20. The first-order chi connectivity index (χ1) is 23.3. The van der Waals surface area contributed by atoms with Gasteiger partial charge in [0.2, 0.25) is 0 Å². The van der Waals surface area contributed by atoms with Gasteiger partial charge in [0.05, 0.1) is 22.9 Å². The highest BCUT2D eigenvalue weighted by Crippen LogP contribution is 2.34. The van der Waals surface area contributed by atoms with Crippen molar-refractivity contribution in [2.24, 2.45) is 5.73 Å². The Morgan fingerprint density at radius 3 is 2.58 bits per heavy atom. The summed E-state index contributed by atoms with van der Waals surface area (Å²) in [4.78, 5) is 34.6. The summed E-state index contributed by atoms with van der Waals surface area (Å²) in [6, 6.07) is 28.3. The molecule has 3 aromatic carbocycles. The minimum Gasteiger partial charge on any atom is -0.487 e. The fourth-order valence-corrected chi connectivity index (χ4v) is 5.77. The van der Waals surface area contributed by atoms with Crippen LogP contribution in [0.5, 0.6) is 5.75 Å². The van der Waals surface area contributed by atoms with Crippen LogP contribution >= 0.6 is 23.2 Å². The summed E-state index contributed by atoms with van der Waals surface area (Å²) < 4.78 is 7.96. The second-order valence-electron chi connectivity index (χ2n) is 11.1. The van der Waals surface area contributed by atoms with Crippen molar-refractivity contribution >= 4 is 51.9 Å². The Morgan fingerprint density at radius 1 is 0.958 bits per heavy atom. The molecule has 0 bridgehead atoms. The van der Waals surface area contributed by atoms with E-state index in [0.717, 1.165) is 27.9 Å². The number of halogens is 2. The Balaban J connectivity index is 1.14. The fraction of sp³-hybridized carbons (Fsp3) is 0.105. The smallest absolute Gasteiger partial charge is 0.251 e. The molecule has 1 atom stereocenters. The molecule has 240 valence electrons. The zero-order chi connectivity index (χ0) is 33.6. The van der Waals surface area contributed by atoms with Crippen LogP contribution in [-0.2, 0) is 17.9 Å². The van der Waals surface area contributed by atoms with Crippen molar-refractivity contribution in [3.8, 4) is 11.4 Å². The number of rotatable bonds is 11. The Kier molecular flexibility index (Phi) is 9.96. The lowest BCUT2D eigenvalue weighted by molar-refractivity contribution is -0.115. The Labute approximate surface area is 287 Å². The van der Waals surface area contributed by atoms with E-state index in [1.54, 1.807) is 71.6 Å². The number of hydrogen-bond donors (Lipinski definition) is 2. The highest BCUT2D eigenvalue weighted by atomic mass is 35.5. The average molecular weight is 677 g/mol. The molecule has 10 heteroatoms. The van der Waals surface area contributed by atoms with Crippen LogP contribution in [0.3, 0.4) is 0 Å². The molecule has 0 aliphatic carbocycles. The summed E-state index contributed by atoms with van der Waals surface area (Å²) in [6.07, 6.45) is 6.57. The summed E-state index contributed by atoms with van der Waals surface area (Å²) in [5.41, 5.74) is 11.9. The highest BCUT2D eigenvalue weighted by Gasteiger charge is 2.21. The molecule has 3 heterocycles. The Morgan fingerprint density at radius 2 is 1.79 bits per heavy atom. The van der Waals surface area contributed by atoms with Gasteiger partial charge in [0, 0.05) is 45.3 Å². The van der Waals surface area contributed by atoms with E-state index in [1.165, 1.54) is 6.08 Å². The topological polar surface area (TPSA) is 112 Å². The maximum atomic E-state index is 13.2. The van der Waals surface area contributed by atoms with Gasteiger partial charge < -0.3 is 20.4 Å². The molecule has 0 aliphatic rings. The predicted octanol–water partition coefficient (Wildman–Crippen LogP) is 7.83. The van der Waals surface area contributed by atoms with Crippen LogP contribution in [0.25, 0.3) is 22.7 Å². The summed E-state index contributed by atoms with van der Waals surface area (Å²) in [5.74, 6) is 0.0964. The minimum absolute atomic E-state index is 0.106. The second-order valence-corrected chi connectivity index (χ2v) is 11.9. The van der Waals surface area contributed by atoms with Crippen molar-refractivity contribution in [1.29, 1.82) is 0 Å². The number of aromatic nitrogens is 3. The molecule has 6 rings (SSSR count). The highest BCUT2D eigenvalue weighted by molar-refractivity contribution is 6.37. The normalized spacial score (nSPS) is 11.9. The van der Waals surface area contributed by atoms with Gasteiger partial charge in [0.15, 0.2) is 5.78 Å². The van der Waals surface area contributed by atoms with Gasteiger partial charge in [-0.05, 0) is 79.2 Å². The SMILES string of the molecule is Cc1ccc2cccc(OCc3c(Cl)ccc(-n4cccc4C(N)C(=O)/C=C/c4ccc(C(=O)NCc5ccccn5)cc4)c3Cl)c2n1. The first-order valence-corrected chi connectivity index (χ1v) is 15.9. The number of pyridine rings is 2. The van der Waals surface area contributed by atoms with E-state index in [4.69, 9.17) is 33.7 Å². The quantitative estimate of drug-likeness (QED) is 0.135. The molecule has 6 aromatic rings. The van der Waals surface area contributed by atoms with E-state index in [-0.39, 0.29) is 18.3 Å². The number of ether oxygens (including phenoxy) is 1. The number of hydrogen-bond acceptors (Lipinski definition) is 6. The number of aryl methyl sites for hydroxylation is 1. The van der Waals surface area contributed by atoms with Crippen molar-refractivity contribution in [2.75, 3.05) is 0 Å². The second kappa shape index (κ2) is 14.6. The largest absolute Gasteiger partial charge is 0.487 e. The van der Waals surface area contributed by atoms with Gasteiger partial charge in [-0.15, -0.1) is 0 Å². The third-order valence-corrected chi connectivity index (χ3v) is 8.57. The van der Waals surface area contributed by atoms with Crippen LogP contribution in [0.1, 0.15) is 44.6 Å². The molecule has 8 nitrogen and oxygen atoms in total. The van der Waals surface area contributed by atoms with Crippen molar-refractivity contribution in [1.82, 2.24) is 19.9 Å². The summed E-state index contributed by atoms with van der Waals surface area (Å²) in [6.45, 7) is 2.36. The van der Waals surface area contributed by atoms with Crippen LogP contribution in [0.2, 0.25) is 10.0 Å². The number of nitrogens with two attached hydrogens (primary N) is 1. The number of ketones is 1. The predicted molar refractivity (Wildman–Crippen MR) is 189 cm³/mol. The lowest BCUT2D eigenvalue weighted by Crippen LogP contribution is -2.23. The van der Waals surface area contributed by atoms with Gasteiger partial charge in [-0.3, -0.25) is 14.6 Å². The molecule has 3 aromatic heterocycles. The molecule has 0 spiro atoms. The summed E-state index contributed by atoms with van der Waals surface area (Å²) >= 11 is 13.5. The van der Waals surface area contributed by atoms with Crippen LogP contribution in [-0.4, -0.2) is 26.2 Å². The van der Waals surface area contributed by atoms with Gasteiger partial charge in [0.1, 0.15) is 23.9 Å². The first kappa shape index (κ1) is 32.7. The van der Waals surface area contributed by atoms with Crippen molar-refractivity contribution in [2.45, 2.75) is 26.1 Å². The van der Waals surface area contributed by atoms with Gasteiger partial charge >= 0.3 is 0 Å². The zero-order valence-corrected chi connectivity index (χ0v) is 27.5. The van der Waals surface area contributed by atoms with Gasteiger partial charge in [-0.25, -0.2) is 4.98 Å². The van der Waals surface area contributed by atoms with Crippen molar-refractivity contribution in [3.63, 3.8) is 0 Å². The number of carbonyl (C=O) groups is 2. The van der Waals surface area contributed by atoms with Crippen LogP contribution in [0.4, 0.5) is 0 Å². The van der Waals surface area contributed by atoms with Gasteiger partial charge in [-0.2, -0.15) is 0 Å². The summed E-state index contributed by atoms with van der Waals surface area (Å²) in [5, 5.41) is 4.64. The Bertz CT molecular complexity index is 2130. The molecule has 0 saturated heterocycles.